The minimum atomic E-state index is -0.299. The van der Waals surface area contributed by atoms with Gasteiger partial charge in [-0.25, -0.2) is 0 Å². The zero-order chi connectivity index (χ0) is 23.1. The van der Waals surface area contributed by atoms with Crippen LogP contribution in [0.5, 0.6) is 0 Å². The first-order valence-corrected chi connectivity index (χ1v) is 12.7. The highest BCUT2D eigenvalue weighted by Gasteiger charge is 2.45. The van der Waals surface area contributed by atoms with Crippen LogP contribution in [0.2, 0.25) is 0 Å². The quantitative estimate of drug-likeness (QED) is 0.592. The van der Waals surface area contributed by atoms with Crippen molar-refractivity contribution in [2.24, 2.45) is 11.3 Å². The van der Waals surface area contributed by atoms with Crippen LogP contribution in [-0.2, 0) is 22.4 Å². The van der Waals surface area contributed by atoms with E-state index in [0.29, 0.717) is 18.2 Å². The minimum absolute atomic E-state index is 0.249. The zero-order valence-corrected chi connectivity index (χ0v) is 20.0. The van der Waals surface area contributed by atoms with Gasteiger partial charge < -0.3 is 9.80 Å². The molecule has 0 aromatic heterocycles. The van der Waals surface area contributed by atoms with Gasteiger partial charge in [-0.2, -0.15) is 0 Å². The van der Waals surface area contributed by atoms with Gasteiger partial charge in [-0.1, -0.05) is 74.0 Å². The van der Waals surface area contributed by atoms with Gasteiger partial charge in [0.1, 0.15) is 0 Å². The number of hydrogen-bond acceptors (Lipinski definition) is 2. The molecule has 2 aliphatic heterocycles. The molecule has 33 heavy (non-hydrogen) atoms. The Morgan fingerprint density at radius 3 is 2.12 bits per heavy atom. The first-order valence-electron chi connectivity index (χ1n) is 12.7. The summed E-state index contributed by atoms with van der Waals surface area (Å²) in [6, 6.07) is 20.7. The third kappa shape index (κ3) is 5.85. The Hall–Kier alpha value is -2.62. The second kappa shape index (κ2) is 11.0. The van der Waals surface area contributed by atoms with Crippen molar-refractivity contribution in [1.29, 1.82) is 0 Å². The lowest BCUT2D eigenvalue weighted by molar-refractivity contribution is -0.145. The van der Waals surface area contributed by atoms with Gasteiger partial charge in [-0.05, 0) is 55.6 Å². The third-order valence-corrected chi connectivity index (χ3v) is 7.88. The van der Waals surface area contributed by atoms with Crippen LogP contribution in [0.1, 0.15) is 56.6 Å². The second-order valence-electron chi connectivity index (χ2n) is 10.0. The summed E-state index contributed by atoms with van der Waals surface area (Å²) < 4.78 is 0. The maximum absolute atomic E-state index is 13.7. The predicted molar refractivity (Wildman–Crippen MR) is 133 cm³/mol. The molecule has 2 amide bonds. The van der Waals surface area contributed by atoms with Crippen LogP contribution >= 0.6 is 0 Å². The van der Waals surface area contributed by atoms with Gasteiger partial charge in [0.05, 0.1) is 0 Å². The molecule has 4 rings (SSSR count). The highest BCUT2D eigenvalue weighted by atomic mass is 16.2. The Morgan fingerprint density at radius 2 is 1.48 bits per heavy atom. The third-order valence-electron chi connectivity index (χ3n) is 7.88. The summed E-state index contributed by atoms with van der Waals surface area (Å²) in [7, 11) is 0. The molecule has 2 aliphatic rings. The zero-order valence-electron chi connectivity index (χ0n) is 20.0. The molecule has 2 aromatic carbocycles. The Kier molecular flexibility index (Phi) is 7.85. The lowest BCUT2D eigenvalue weighted by Crippen LogP contribution is -2.49. The smallest absolute Gasteiger partial charge is 0.228 e. The molecule has 0 N–H and O–H groups in total. The van der Waals surface area contributed by atoms with E-state index in [1.54, 1.807) is 0 Å². The Bertz CT molecular complexity index is 906. The topological polar surface area (TPSA) is 40.6 Å². The number of carbonyl (C=O) groups is 2. The van der Waals surface area contributed by atoms with E-state index in [1.165, 1.54) is 11.1 Å². The van der Waals surface area contributed by atoms with Gasteiger partial charge in [-0.15, -0.1) is 0 Å². The van der Waals surface area contributed by atoms with E-state index in [1.807, 2.05) is 29.2 Å². The summed E-state index contributed by atoms with van der Waals surface area (Å²) in [5.74, 6) is 0.949. The molecule has 0 aliphatic carbocycles. The Morgan fingerprint density at radius 1 is 0.879 bits per heavy atom. The number of likely N-dealkylation sites (tertiary alicyclic amines) is 2. The molecule has 4 heteroatoms. The fraction of sp³-hybridized carbons (Fsp3) is 0.517. The fourth-order valence-electron chi connectivity index (χ4n) is 5.69. The normalized spacial score (nSPS) is 22.3. The lowest BCUT2D eigenvalue weighted by atomic mass is 9.69. The molecule has 0 radical (unpaired) electrons. The Balaban J connectivity index is 1.31. The fourth-order valence-corrected chi connectivity index (χ4v) is 5.69. The summed E-state index contributed by atoms with van der Waals surface area (Å²) in [5, 5.41) is 0. The molecule has 176 valence electrons. The highest BCUT2D eigenvalue weighted by Crippen LogP contribution is 2.42. The van der Waals surface area contributed by atoms with Crippen LogP contribution in [0.3, 0.4) is 0 Å². The summed E-state index contributed by atoms with van der Waals surface area (Å²) in [6.07, 6.45) is 7.33. The van der Waals surface area contributed by atoms with E-state index in [0.717, 1.165) is 71.1 Å². The number of hydrogen-bond donors (Lipinski definition) is 0. The van der Waals surface area contributed by atoms with Gasteiger partial charge in [0, 0.05) is 38.0 Å². The summed E-state index contributed by atoms with van der Waals surface area (Å²) in [5.41, 5.74) is 2.21. The molecular weight excluding hydrogens is 408 g/mol. The molecule has 1 atom stereocenters. The van der Waals surface area contributed by atoms with Crippen molar-refractivity contribution in [3.8, 4) is 0 Å². The molecule has 0 bridgehead atoms. The first kappa shape index (κ1) is 23.5. The van der Waals surface area contributed by atoms with Crippen molar-refractivity contribution in [3.05, 3.63) is 71.8 Å². The van der Waals surface area contributed by atoms with Crippen LogP contribution in [0.15, 0.2) is 60.7 Å². The van der Waals surface area contributed by atoms with Crippen molar-refractivity contribution in [2.75, 3.05) is 26.2 Å². The molecule has 2 aromatic rings. The molecule has 2 heterocycles. The molecule has 0 spiro atoms. The van der Waals surface area contributed by atoms with Crippen molar-refractivity contribution in [2.45, 2.75) is 58.3 Å². The minimum Gasteiger partial charge on any atom is -0.343 e. The van der Waals surface area contributed by atoms with Crippen LogP contribution in [0.25, 0.3) is 0 Å². The van der Waals surface area contributed by atoms with Gasteiger partial charge >= 0.3 is 0 Å². The van der Waals surface area contributed by atoms with Crippen LogP contribution < -0.4 is 0 Å². The monoisotopic (exact) mass is 446 g/mol. The van der Waals surface area contributed by atoms with E-state index in [2.05, 4.69) is 48.2 Å². The average molecular weight is 447 g/mol. The van der Waals surface area contributed by atoms with E-state index >= 15 is 0 Å². The van der Waals surface area contributed by atoms with E-state index in [9.17, 15) is 9.59 Å². The number of rotatable bonds is 7. The number of piperidine rings is 1. The largest absolute Gasteiger partial charge is 0.343 e. The van der Waals surface area contributed by atoms with Crippen molar-refractivity contribution >= 4 is 11.8 Å². The first-order chi connectivity index (χ1) is 16.1. The van der Waals surface area contributed by atoms with Crippen LogP contribution in [0, 0.1) is 11.3 Å². The number of benzene rings is 2. The number of carbonyl (C=O) groups excluding carboxylic acids is 2. The van der Waals surface area contributed by atoms with Crippen LogP contribution in [0.4, 0.5) is 0 Å². The number of nitrogens with zero attached hydrogens (tertiary/aromatic N) is 2. The van der Waals surface area contributed by atoms with Crippen molar-refractivity contribution < 1.29 is 9.59 Å². The van der Waals surface area contributed by atoms with Gasteiger partial charge in [0.25, 0.3) is 0 Å². The SMILES string of the molecule is CC1(C2CCN(C(=O)CCc3ccccc3)CC2)CCCCN(CCc2ccccc2)C1=O. The van der Waals surface area contributed by atoms with E-state index in [4.69, 9.17) is 0 Å². The number of aryl methyl sites for hydroxylation is 1. The van der Waals surface area contributed by atoms with E-state index in [-0.39, 0.29) is 11.3 Å². The van der Waals surface area contributed by atoms with Gasteiger partial charge in [0.2, 0.25) is 11.8 Å². The number of amides is 2. The van der Waals surface area contributed by atoms with E-state index < -0.39 is 0 Å². The maximum Gasteiger partial charge on any atom is 0.228 e. The van der Waals surface area contributed by atoms with Crippen LogP contribution in [-0.4, -0.2) is 47.8 Å². The predicted octanol–water partition coefficient (Wildman–Crippen LogP) is 5.12. The highest BCUT2D eigenvalue weighted by molar-refractivity contribution is 5.83. The summed E-state index contributed by atoms with van der Waals surface area (Å²) >= 11 is 0. The summed E-state index contributed by atoms with van der Waals surface area (Å²) in [4.78, 5) is 30.6. The summed E-state index contributed by atoms with van der Waals surface area (Å²) in [6.45, 7) is 5.44. The van der Waals surface area contributed by atoms with Gasteiger partial charge in [0.15, 0.2) is 0 Å². The van der Waals surface area contributed by atoms with Crippen molar-refractivity contribution in [3.63, 3.8) is 0 Å². The Labute approximate surface area is 199 Å². The molecule has 1 unspecified atom stereocenters. The second-order valence-corrected chi connectivity index (χ2v) is 10.0. The van der Waals surface area contributed by atoms with Crippen molar-refractivity contribution in [1.82, 2.24) is 9.80 Å². The average Bonchev–Trinajstić information content (AvgIpc) is 3.01. The maximum atomic E-state index is 13.7. The molecule has 0 saturated carbocycles. The molecule has 2 fully saturated rings. The molecule has 4 nitrogen and oxygen atoms in total. The molecule has 2 saturated heterocycles. The standard InChI is InChI=1S/C29H38N2O2/c1-29(19-8-9-20-31(28(29)33)21-16-25-12-6-3-7-13-25)26-17-22-30(23-18-26)27(32)15-14-24-10-4-2-5-11-24/h2-7,10-13,26H,8-9,14-23H2,1H3. The lowest BCUT2D eigenvalue weighted by Gasteiger charge is -2.43. The molecular formula is C29H38N2O2. The van der Waals surface area contributed by atoms with Gasteiger partial charge in [-0.3, -0.25) is 9.59 Å².